The first-order valence-electron chi connectivity index (χ1n) is 7.80. The molecule has 0 saturated heterocycles. The molecule has 25 heavy (non-hydrogen) atoms. The Morgan fingerprint density at radius 2 is 1.84 bits per heavy atom. The minimum absolute atomic E-state index is 0.109. The zero-order chi connectivity index (χ0) is 17.8. The van der Waals surface area contributed by atoms with Gasteiger partial charge in [0.2, 0.25) is 5.91 Å². The summed E-state index contributed by atoms with van der Waals surface area (Å²) in [5, 5.41) is 7.33. The standard InChI is InChI=1S/C19H18FN3OS/c1-13(24)21-12-16-11-19(14-3-9-18(25-2)10-4-14)23(22-16)17-7-5-15(20)6-8-17/h3-11H,12H2,1-2H3,(H,21,24). The van der Waals surface area contributed by atoms with E-state index in [9.17, 15) is 9.18 Å². The van der Waals surface area contributed by atoms with Crippen molar-refractivity contribution >= 4 is 17.7 Å². The van der Waals surface area contributed by atoms with Crippen LogP contribution in [0.25, 0.3) is 16.9 Å². The predicted molar refractivity (Wildman–Crippen MR) is 98.3 cm³/mol. The van der Waals surface area contributed by atoms with Crippen LogP contribution < -0.4 is 5.32 Å². The lowest BCUT2D eigenvalue weighted by molar-refractivity contribution is -0.119. The highest BCUT2D eigenvalue weighted by atomic mass is 32.2. The van der Waals surface area contributed by atoms with E-state index in [1.165, 1.54) is 24.0 Å². The first kappa shape index (κ1) is 17.2. The van der Waals surface area contributed by atoms with Crippen LogP contribution in [0.15, 0.2) is 59.5 Å². The smallest absolute Gasteiger partial charge is 0.217 e. The Morgan fingerprint density at radius 1 is 1.16 bits per heavy atom. The largest absolute Gasteiger partial charge is 0.351 e. The molecule has 0 aliphatic heterocycles. The monoisotopic (exact) mass is 355 g/mol. The highest BCUT2D eigenvalue weighted by Gasteiger charge is 2.12. The number of thioether (sulfide) groups is 1. The first-order valence-corrected chi connectivity index (χ1v) is 9.03. The second-order valence-corrected chi connectivity index (χ2v) is 6.43. The van der Waals surface area contributed by atoms with Gasteiger partial charge < -0.3 is 5.32 Å². The van der Waals surface area contributed by atoms with Crippen LogP contribution in [-0.2, 0) is 11.3 Å². The summed E-state index contributed by atoms with van der Waals surface area (Å²) in [6, 6.07) is 16.3. The number of hydrogen-bond acceptors (Lipinski definition) is 3. The number of nitrogens with zero attached hydrogens (tertiary/aromatic N) is 2. The third-order valence-corrected chi connectivity index (χ3v) is 4.48. The third kappa shape index (κ3) is 4.09. The number of benzene rings is 2. The van der Waals surface area contributed by atoms with Crippen molar-refractivity contribution in [2.75, 3.05) is 6.26 Å². The molecule has 1 amide bonds. The van der Waals surface area contributed by atoms with E-state index in [4.69, 9.17) is 0 Å². The average Bonchev–Trinajstić information content (AvgIpc) is 3.05. The number of aromatic nitrogens is 2. The quantitative estimate of drug-likeness (QED) is 0.703. The van der Waals surface area contributed by atoms with E-state index < -0.39 is 0 Å². The number of rotatable bonds is 5. The fourth-order valence-electron chi connectivity index (χ4n) is 2.48. The van der Waals surface area contributed by atoms with Gasteiger partial charge in [0.15, 0.2) is 0 Å². The van der Waals surface area contributed by atoms with Gasteiger partial charge in [-0.1, -0.05) is 12.1 Å². The van der Waals surface area contributed by atoms with E-state index in [0.29, 0.717) is 6.54 Å². The molecule has 0 aliphatic rings. The molecule has 128 valence electrons. The van der Waals surface area contributed by atoms with Gasteiger partial charge in [-0.2, -0.15) is 5.10 Å². The molecule has 0 aliphatic carbocycles. The summed E-state index contributed by atoms with van der Waals surface area (Å²) < 4.78 is 15.0. The van der Waals surface area contributed by atoms with Gasteiger partial charge in [0.05, 0.1) is 23.6 Å². The van der Waals surface area contributed by atoms with Gasteiger partial charge in [-0.25, -0.2) is 9.07 Å². The normalized spacial score (nSPS) is 10.7. The second-order valence-electron chi connectivity index (χ2n) is 5.55. The van der Waals surface area contributed by atoms with E-state index in [2.05, 4.69) is 22.5 Å². The lowest BCUT2D eigenvalue weighted by Crippen LogP contribution is -2.19. The summed E-state index contributed by atoms with van der Waals surface area (Å²) in [5.74, 6) is -0.401. The van der Waals surface area contributed by atoms with Crippen molar-refractivity contribution in [2.45, 2.75) is 18.4 Å². The maximum absolute atomic E-state index is 13.2. The molecule has 0 radical (unpaired) electrons. The summed E-state index contributed by atoms with van der Waals surface area (Å²) in [7, 11) is 0. The SMILES string of the molecule is CSc1ccc(-c2cc(CNC(C)=O)nn2-c2ccc(F)cc2)cc1. The summed E-state index contributed by atoms with van der Waals surface area (Å²) >= 11 is 1.68. The molecule has 1 N–H and O–H groups in total. The predicted octanol–water partition coefficient (Wildman–Crippen LogP) is 4.04. The highest BCUT2D eigenvalue weighted by molar-refractivity contribution is 7.98. The van der Waals surface area contributed by atoms with Gasteiger partial charge in [-0.15, -0.1) is 11.8 Å². The molecule has 6 heteroatoms. The fraction of sp³-hybridized carbons (Fsp3) is 0.158. The van der Waals surface area contributed by atoms with Crippen molar-refractivity contribution in [3.05, 3.63) is 66.1 Å². The van der Waals surface area contributed by atoms with Gasteiger partial charge in [0.25, 0.3) is 0 Å². The zero-order valence-corrected chi connectivity index (χ0v) is 14.8. The Labute approximate surface area is 150 Å². The maximum Gasteiger partial charge on any atom is 0.217 e. The number of halogens is 1. The van der Waals surface area contributed by atoms with E-state index >= 15 is 0 Å². The number of amides is 1. The highest BCUT2D eigenvalue weighted by Crippen LogP contribution is 2.26. The van der Waals surface area contributed by atoms with Crippen molar-refractivity contribution < 1.29 is 9.18 Å². The second kappa shape index (κ2) is 7.53. The molecule has 4 nitrogen and oxygen atoms in total. The van der Waals surface area contributed by atoms with Gasteiger partial charge in [0, 0.05) is 17.4 Å². The van der Waals surface area contributed by atoms with Crippen LogP contribution in [0.3, 0.4) is 0 Å². The Kier molecular flexibility index (Phi) is 5.19. The van der Waals surface area contributed by atoms with Gasteiger partial charge in [-0.3, -0.25) is 4.79 Å². The molecule has 0 saturated carbocycles. The lowest BCUT2D eigenvalue weighted by Gasteiger charge is -2.08. The van der Waals surface area contributed by atoms with Gasteiger partial charge in [-0.05, 0) is 48.7 Å². The van der Waals surface area contributed by atoms with Gasteiger partial charge >= 0.3 is 0 Å². The summed E-state index contributed by atoms with van der Waals surface area (Å²) in [5.41, 5.74) is 3.39. The average molecular weight is 355 g/mol. The molecular formula is C19H18FN3OS. The molecule has 0 fully saturated rings. The van der Waals surface area contributed by atoms with Crippen LogP contribution >= 0.6 is 11.8 Å². The lowest BCUT2D eigenvalue weighted by atomic mass is 10.1. The fourth-order valence-corrected chi connectivity index (χ4v) is 2.89. The molecular weight excluding hydrogens is 337 g/mol. The molecule has 1 aromatic heterocycles. The van der Waals surface area contributed by atoms with Crippen molar-refractivity contribution in [3.63, 3.8) is 0 Å². The van der Waals surface area contributed by atoms with E-state index in [1.807, 2.05) is 24.5 Å². The molecule has 0 unspecified atom stereocenters. The molecule has 0 atom stereocenters. The Morgan fingerprint density at radius 3 is 2.44 bits per heavy atom. The zero-order valence-electron chi connectivity index (χ0n) is 14.0. The van der Waals surface area contributed by atoms with Crippen LogP contribution in [0.2, 0.25) is 0 Å². The van der Waals surface area contributed by atoms with Crippen molar-refractivity contribution in [1.29, 1.82) is 0 Å². The Bertz CT molecular complexity index is 873. The van der Waals surface area contributed by atoms with E-state index in [0.717, 1.165) is 22.6 Å². The maximum atomic E-state index is 13.2. The molecule has 1 heterocycles. The van der Waals surface area contributed by atoms with E-state index in [-0.39, 0.29) is 11.7 Å². The van der Waals surface area contributed by atoms with Crippen molar-refractivity contribution in [1.82, 2.24) is 15.1 Å². The molecule has 0 spiro atoms. The summed E-state index contributed by atoms with van der Waals surface area (Å²) in [4.78, 5) is 12.3. The van der Waals surface area contributed by atoms with Gasteiger partial charge in [0.1, 0.15) is 5.82 Å². The van der Waals surface area contributed by atoms with Crippen LogP contribution in [0.1, 0.15) is 12.6 Å². The third-order valence-electron chi connectivity index (χ3n) is 3.74. The molecule has 0 bridgehead atoms. The molecule has 2 aromatic carbocycles. The number of hydrogen-bond donors (Lipinski definition) is 1. The minimum Gasteiger partial charge on any atom is -0.351 e. The number of carbonyl (C=O) groups is 1. The summed E-state index contributed by atoms with van der Waals surface area (Å²) in [6.07, 6.45) is 2.03. The van der Waals surface area contributed by atoms with Crippen LogP contribution in [0, 0.1) is 5.82 Å². The van der Waals surface area contributed by atoms with Crippen molar-refractivity contribution in [2.24, 2.45) is 0 Å². The number of carbonyl (C=O) groups excluding carboxylic acids is 1. The summed E-state index contributed by atoms with van der Waals surface area (Å²) in [6.45, 7) is 1.82. The number of nitrogens with one attached hydrogen (secondary N) is 1. The van der Waals surface area contributed by atoms with Crippen molar-refractivity contribution in [3.8, 4) is 16.9 Å². The van der Waals surface area contributed by atoms with E-state index in [1.54, 1.807) is 28.6 Å². The minimum atomic E-state index is -0.291. The molecule has 3 rings (SSSR count). The van der Waals surface area contributed by atoms with Crippen LogP contribution in [0.5, 0.6) is 0 Å². The van der Waals surface area contributed by atoms with Crippen LogP contribution in [0.4, 0.5) is 4.39 Å². The topological polar surface area (TPSA) is 46.9 Å². The Balaban J connectivity index is 2.03. The first-order chi connectivity index (χ1) is 12.1. The van der Waals surface area contributed by atoms with Crippen LogP contribution in [-0.4, -0.2) is 21.9 Å². The Hall–Kier alpha value is -2.60. The molecule has 3 aromatic rings.